The molecule has 0 bridgehead atoms. The third kappa shape index (κ3) is 4.17. The van der Waals surface area contributed by atoms with Crippen LogP contribution in [0.1, 0.15) is 63.5 Å². The molecule has 0 unspecified atom stereocenters. The number of aryl methyl sites for hydroxylation is 1. The molecule has 0 amide bonds. The summed E-state index contributed by atoms with van der Waals surface area (Å²) in [6, 6.07) is 10.7. The number of hydrogen-bond donors (Lipinski definition) is 2. The molecule has 0 spiro atoms. The Morgan fingerprint density at radius 2 is 1.80 bits per heavy atom. The second-order valence-corrected chi connectivity index (χ2v) is 10.8. The van der Waals surface area contributed by atoms with Gasteiger partial charge in [-0.15, -0.1) is 0 Å². The minimum absolute atomic E-state index is 0.663. The van der Waals surface area contributed by atoms with Gasteiger partial charge in [0.15, 0.2) is 5.65 Å². The highest BCUT2D eigenvalue weighted by molar-refractivity contribution is 5.98. The number of hydrogen-bond acceptors (Lipinski definition) is 4. The molecule has 3 aromatic heterocycles. The quantitative estimate of drug-likeness (QED) is 0.391. The SMILES string of the molecule is CCc1c(-c2ccnc3[nH]ncc23)[nH]c2ccc(C3CCN(C4CCN(C(C)C)CC4)CC3)cc12. The number of aromatic amines is 2. The standard InChI is InChI=1S/C29H38N6/c1-4-23-25-17-21(20-8-13-35(14-9-20)22-10-15-34(16-11-22)19(2)3)5-6-27(25)32-28(23)24-7-12-30-29-26(24)18-31-33-29/h5-7,12,17-20,22,32H,4,8-11,13-16H2,1-3H3,(H,30,31,33). The summed E-state index contributed by atoms with van der Waals surface area (Å²) in [6.45, 7) is 11.9. The molecule has 0 saturated carbocycles. The van der Waals surface area contributed by atoms with Crippen LogP contribution in [0.3, 0.4) is 0 Å². The molecular weight excluding hydrogens is 432 g/mol. The zero-order valence-corrected chi connectivity index (χ0v) is 21.3. The van der Waals surface area contributed by atoms with Gasteiger partial charge in [0.2, 0.25) is 0 Å². The van der Waals surface area contributed by atoms with E-state index in [9.17, 15) is 0 Å². The van der Waals surface area contributed by atoms with E-state index in [4.69, 9.17) is 0 Å². The lowest BCUT2D eigenvalue weighted by molar-refractivity contribution is 0.0753. The second kappa shape index (κ2) is 9.40. The minimum atomic E-state index is 0.663. The monoisotopic (exact) mass is 470 g/mol. The maximum Gasteiger partial charge on any atom is 0.155 e. The lowest BCUT2D eigenvalue weighted by atomic mass is 9.87. The van der Waals surface area contributed by atoms with E-state index in [1.165, 1.54) is 85.1 Å². The van der Waals surface area contributed by atoms with Crippen molar-refractivity contribution < 1.29 is 0 Å². The number of nitrogens with one attached hydrogen (secondary N) is 2. The first-order valence-electron chi connectivity index (χ1n) is 13.5. The Hall–Kier alpha value is -2.70. The molecule has 184 valence electrons. The lowest BCUT2D eigenvalue weighted by Crippen LogP contribution is -2.48. The van der Waals surface area contributed by atoms with Gasteiger partial charge in [0, 0.05) is 40.1 Å². The molecule has 5 heterocycles. The van der Waals surface area contributed by atoms with Gasteiger partial charge in [-0.25, -0.2) is 4.98 Å². The van der Waals surface area contributed by atoms with Gasteiger partial charge in [0.25, 0.3) is 0 Å². The molecule has 0 atom stereocenters. The Bertz CT molecular complexity index is 1300. The van der Waals surface area contributed by atoms with Gasteiger partial charge in [0.1, 0.15) is 0 Å². The number of likely N-dealkylation sites (tertiary alicyclic amines) is 2. The average Bonchev–Trinajstić information content (AvgIpc) is 3.53. The number of pyridine rings is 1. The van der Waals surface area contributed by atoms with E-state index in [0.717, 1.165) is 23.5 Å². The van der Waals surface area contributed by atoms with Crippen LogP contribution in [0, 0.1) is 0 Å². The van der Waals surface area contributed by atoms with Crippen molar-refractivity contribution >= 4 is 21.9 Å². The molecule has 1 aromatic carbocycles. The molecule has 2 N–H and O–H groups in total. The summed E-state index contributed by atoms with van der Waals surface area (Å²) in [5, 5.41) is 9.66. The maximum absolute atomic E-state index is 4.42. The molecule has 2 saturated heterocycles. The fourth-order valence-corrected chi connectivity index (χ4v) is 6.55. The van der Waals surface area contributed by atoms with E-state index in [0.29, 0.717) is 12.0 Å². The summed E-state index contributed by atoms with van der Waals surface area (Å²) in [7, 11) is 0. The Morgan fingerprint density at radius 1 is 1.00 bits per heavy atom. The van der Waals surface area contributed by atoms with E-state index >= 15 is 0 Å². The molecule has 6 heteroatoms. The third-order valence-corrected chi connectivity index (χ3v) is 8.65. The zero-order valence-electron chi connectivity index (χ0n) is 21.3. The van der Waals surface area contributed by atoms with Crippen LogP contribution in [-0.2, 0) is 6.42 Å². The van der Waals surface area contributed by atoms with Crippen molar-refractivity contribution in [2.24, 2.45) is 0 Å². The number of H-pyrrole nitrogens is 2. The van der Waals surface area contributed by atoms with Crippen molar-refractivity contribution in [3.63, 3.8) is 0 Å². The van der Waals surface area contributed by atoms with E-state index < -0.39 is 0 Å². The van der Waals surface area contributed by atoms with Crippen molar-refractivity contribution in [1.82, 2.24) is 30.0 Å². The number of benzene rings is 1. The highest BCUT2D eigenvalue weighted by Gasteiger charge is 2.29. The average molecular weight is 471 g/mol. The highest BCUT2D eigenvalue weighted by atomic mass is 15.2. The minimum Gasteiger partial charge on any atom is -0.354 e. The number of piperidine rings is 2. The predicted octanol–water partition coefficient (Wildman–Crippen LogP) is 5.72. The van der Waals surface area contributed by atoms with Gasteiger partial charge in [0.05, 0.1) is 11.9 Å². The normalized spacial score (nSPS) is 19.4. The number of aromatic nitrogens is 4. The van der Waals surface area contributed by atoms with Crippen LogP contribution in [0.5, 0.6) is 0 Å². The van der Waals surface area contributed by atoms with E-state index in [-0.39, 0.29) is 0 Å². The highest BCUT2D eigenvalue weighted by Crippen LogP contribution is 2.37. The summed E-state index contributed by atoms with van der Waals surface area (Å²) < 4.78 is 0. The van der Waals surface area contributed by atoms with Crippen LogP contribution in [0.15, 0.2) is 36.7 Å². The van der Waals surface area contributed by atoms with Crippen molar-refractivity contribution in [3.05, 3.63) is 47.8 Å². The molecule has 2 aliphatic heterocycles. The van der Waals surface area contributed by atoms with Gasteiger partial charge in [-0.3, -0.25) is 5.10 Å². The zero-order chi connectivity index (χ0) is 23.9. The molecular formula is C29H38N6. The fraction of sp³-hybridized carbons (Fsp3) is 0.517. The fourth-order valence-electron chi connectivity index (χ4n) is 6.55. The van der Waals surface area contributed by atoms with Crippen LogP contribution in [0.2, 0.25) is 0 Å². The van der Waals surface area contributed by atoms with E-state index in [1.54, 1.807) is 0 Å². The van der Waals surface area contributed by atoms with Crippen molar-refractivity contribution in [3.8, 4) is 11.3 Å². The van der Waals surface area contributed by atoms with Crippen molar-refractivity contribution in [1.29, 1.82) is 0 Å². The van der Waals surface area contributed by atoms with Crippen LogP contribution in [-0.4, -0.2) is 68.2 Å². The van der Waals surface area contributed by atoms with Gasteiger partial charge >= 0.3 is 0 Å². The van der Waals surface area contributed by atoms with Crippen LogP contribution in [0.25, 0.3) is 33.2 Å². The predicted molar refractivity (Wildman–Crippen MR) is 144 cm³/mol. The van der Waals surface area contributed by atoms with Crippen molar-refractivity contribution in [2.75, 3.05) is 26.2 Å². The van der Waals surface area contributed by atoms with E-state index in [1.807, 2.05) is 12.4 Å². The summed E-state index contributed by atoms with van der Waals surface area (Å²) in [5.74, 6) is 0.663. The molecule has 0 radical (unpaired) electrons. The van der Waals surface area contributed by atoms with Crippen molar-refractivity contribution in [2.45, 2.75) is 70.9 Å². The number of fused-ring (bicyclic) bond motifs is 2. The molecule has 6 rings (SSSR count). The summed E-state index contributed by atoms with van der Waals surface area (Å²) in [4.78, 5) is 13.6. The number of nitrogens with zero attached hydrogens (tertiary/aromatic N) is 4. The van der Waals surface area contributed by atoms with Gasteiger partial charge < -0.3 is 14.8 Å². The summed E-state index contributed by atoms with van der Waals surface area (Å²) in [6.07, 6.45) is 9.96. The smallest absolute Gasteiger partial charge is 0.155 e. The first-order chi connectivity index (χ1) is 17.1. The van der Waals surface area contributed by atoms with Crippen LogP contribution < -0.4 is 0 Å². The first-order valence-corrected chi connectivity index (χ1v) is 13.5. The first kappa shape index (κ1) is 22.7. The van der Waals surface area contributed by atoms with E-state index in [2.05, 4.69) is 75.0 Å². The second-order valence-electron chi connectivity index (χ2n) is 10.8. The Morgan fingerprint density at radius 3 is 2.54 bits per heavy atom. The molecule has 2 aliphatic rings. The lowest BCUT2D eigenvalue weighted by Gasteiger charge is -2.43. The Kier molecular flexibility index (Phi) is 6.11. The largest absolute Gasteiger partial charge is 0.354 e. The van der Waals surface area contributed by atoms with Crippen LogP contribution in [0.4, 0.5) is 0 Å². The number of rotatable bonds is 5. The molecule has 4 aromatic rings. The Labute approximate surface area is 208 Å². The summed E-state index contributed by atoms with van der Waals surface area (Å²) in [5.41, 5.74) is 7.35. The molecule has 35 heavy (non-hydrogen) atoms. The molecule has 6 nitrogen and oxygen atoms in total. The van der Waals surface area contributed by atoms with Gasteiger partial charge in [-0.1, -0.05) is 13.0 Å². The maximum atomic E-state index is 4.42. The van der Waals surface area contributed by atoms with Gasteiger partial charge in [-0.05, 0) is 107 Å². The molecule has 2 fully saturated rings. The third-order valence-electron chi connectivity index (χ3n) is 8.65. The molecule has 0 aliphatic carbocycles. The summed E-state index contributed by atoms with van der Waals surface area (Å²) >= 11 is 0. The van der Waals surface area contributed by atoms with Crippen LogP contribution >= 0.6 is 0 Å². The topological polar surface area (TPSA) is 63.8 Å². The Balaban J connectivity index is 1.21. The van der Waals surface area contributed by atoms with Gasteiger partial charge in [-0.2, -0.15) is 5.10 Å².